The highest BCUT2D eigenvalue weighted by molar-refractivity contribution is 6.07. The highest BCUT2D eigenvalue weighted by atomic mass is 16.2. The van der Waals surface area contributed by atoms with Crippen LogP contribution in [-0.2, 0) is 23.1 Å². The standard InChI is InChI=1S/C21H20N4O3/c1-25-12-11-22-21(25)20(28)16-7-9-17(10-8-16)24-19(27)14-23-18(26)13-15-5-3-2-4-6-15/h2-12H,13-14H2,1H3,(H,23,26)(H,24,27). The first-order chi connectivity index (χ1) is 13.5. The molecule has 3 rings (SSSR count). The second-order valence-corrected chi connectivity index (χ2v) is 6.26. The molecule has 0 radical (unpaired) electrons. The third-order valence-corrected chi connectivity index (χ3v) is 4.11. The molecule has 0 aliphatic rings. The minimum atomic E-state index is -0.343. The summed E-state index contributed by atoms with van der Waals surface area (Å²) in [6.07, 6.45) is 3.49. The minimum Gasteiger partial charge on any atom is -0.347 e. The number of hydrogen-bond acceptors (Lipinski definition) is 4. The van der Waals surface area contributed by atoms with Crippen molar-refractivity contribution in [3.63, 3.8) is 0 Å². The molecule has 7 nitrogen and oxygen atoms in total. The highest BCUT2D eigenvalue weighted by Crippen LogP contribution is 2.13. The first-order valence-electron chi connectivity index (χ1n) is 8.75. The molecule has 0 fully saturated rings. The average Bonchev–Trinajstić information content (AvgIpc) is 3.13. The molecule has 0 saturated carbocycles. The molecule has 0 aliphatic heterocycles. The largest absolute Gasteiger partial charge is 0.347 e. The Morgan fingerprint density at radius 2 is 1.68 bits per heavy atom. The van der Waals surface area contributed by atoms with Crippen LogP contribution in [-0.4, -0.2) is 33.7 Å². The van der Waals surface area contributed by atoms with Gasteiger partial charge in [0.1, 0.15) is 0 Å². The van der Waals surface area contributed by atoms with Crippen LogP contribution in [0.2, 0.25) is 0 Å². The summed E-state index contributed by atoms with van der Waals surface area (Å²) >= 11 is 0. The molecule has 0 unspecified atom stereocenters. The van der Waals surface area contributed by atoms with Gasteiger partial charge in [-0.1, -0.05) is 30.3 Å². The number of aryl methyl sites for hydroxylation is 1. The summed E-state index contributed by atoms with van der Waals surface area (Å²) in [6.45, 7) is -0.125. The van der Waals surface area contributed by atoms with E-state index >= 15 is 0 Å². The smallest absolute Gasteiger partial charge is 0.243 e. The van der Waals surface area contributed by atoms with E-state index in [1.54, 1.807) is 48.3 Å². The zero-order chi connectivity index (χ0) is 19.9. The molecule has 3 aromatic rings. The van der Waals surface area contributed by atoms with Crippen LogP contribution in [0.3, 0.4) is 0 Å². The normalized spacial score (nSPS) is 10.3. The molecule has 2 amide bonds. The lowest BCUT2D eigenvalue weighted by Gasteiger charge is -2.08. The number of carbonyl (C=O) groups excluding carboxylic acids is 3. The van der Waals surface area contributed by atoms with E-state index in [9.17, 15) is 14.4 Å². The number of benzene rings is 2. The summed E-state index contributed by atoms with van der Waals surface area (Å²) < 4.78 is 1.65. The average molecular weight is 376 g/mol. The van der Waals surface area contributed by atoms with E-state index in [4.69, 9.17) is 0 Å². The Morgan fingerprint density at radius 3 is 2.32 bits per heavy atom. The lowest BCUT2D eigenvalue weighted by Crippen LogP contribution is -2.33. The predicted molar refractivity (Wildman–Crippen MR) is 105 cm³/mol. The number of rotatable bonds is 7. The highest BCUT2D eigenvalue weighted by Gasteiger charge is 2.14. The van der Waals surface area contributed by atoms with E-state index in [0.29, 0.717) is 17.1 Å². The van der Waals surface area contributed by atoms with Crippen LogP contribution in [0.4, 0.5) is 5.69 Å². The van der Waals surface area contributed by atoms with Crippen molar-refractivity contribution >= 4 is 23.3 Å². The Kier molecular flexibility index (Phi) is 5.96. The van der Waals surface area contributed by atoms with Crippen molar-refractivity contribution in [2.75, 3.05) is 11.9 Å². The van der Waals surface area contributed by atoms with E-state index in [0.717, 1.165) is 5.56 Å². The van der Waals surface area contributed by atoms with Gasteiger partial charge in [-0.2, -0.15) is 0 Å². The molecule has 1 heterocycles. The lowest BCUT2D eigenvalue weighted by molar-refractivity contribution is -0.123. The Morgan fingerprint density at radius 1 is 0.964 bits per heavy atom. The van der Waals surface area contributed by atoms with Gasteiger partial charge in [0.2, 0.25) is 17.6 Å². The van der Waals surface area contributed by atoms with Crippen LogP contribution in [0, 0.1) is 0 Å². The molecule has 0 bridgehead atoms. The molecule has 2 N–H and O–H groups in total. The molecule has 0 saturated heterocycles. The third kappa shape index (κ3) is 4.91. The Bertz CT molecular complexity index is 978. The van der Waals surface area contributed by atoms with Gasteiger partial charge in [0, 0.05) is 30.7 Å². The van der Waals surface area contributed by atoms with Crippen molar-refractivity contribution in [2.45, 2.75) is 6.42 Å². The van der Waals surface area contributed by atoms with Crippen LogP contribution in [0.25, 0.3) is 0 Å². The van der Waals surface area contributed by atoms with Gasteiger partial charge >= 0.3 is 0 Å². The molecule has 1 aromatic heterocycles. The van der Waals surface area contributed by atoms with Gasteiger partial charge < -0.3 is 15.2 Å². The maximum Gasteiger partial charge on any atom is 0.243 e. The second kappa shape index (κ2) is 8.77. The predicted octanol–water partition coefficient (Wildman–Crippen LogP) is 1.95. The first kappa shape index (κ1) is 19.0. The number of carbonyl (C=O) groups is 3. The SMILES string of the molecule is Cn1ccnc1C(=O)c1ccc(NC(=O)CNC(=O)Cc2ccccc2)cc1. The number of amides is 2. The van der Waals surface area contributed by atoms with Gasteiger partial charge in [-0.3, -0.25) is 14.4 Å². The Balaban J connectivity index is 1.50. The number of nitrogens with zero attached hydrogens (tertiary/aromatic N) is 2. The summed E-state index contributed by atoms with van der Waals surface area (Å²) in [5.41, 5.74) is 1.90. The fourth-order valence-electron chi connectivity index (χ4n) is 2.65. The molecular formula is C21H20N4O3. The third-order valence-electron chi connectivity index (χ3n) is 4.11. The van der Waals surface area contributed by atoms with Crippen LogP contribution >= 0.6 is 0 Å². The van der Waals surface area contributed by atoms with Crippen molar-refractivity contribution in [1.82, 2.24) is 14.9 Å². The number of hydrogen-bond donors (Lipinski definition) is 2. The molecule has 7 heteroatoms. The van der Waals surface area contributed by atoms with Crippen molar-refractivity contribution in [1.29, 1.82) is 0 Å². The topological polar surface area (TPSA) is 93.1 Å². The number of nitrogens with one attached hydrogen (secondary N) is 2. The van der Waals surface area contributed by atoms with Crippen molar-refractivity contribution < 1.29 is 14.4 Å². The summed E-state index contributed by atoms with van der Waals surface area (Å²) in [4.78, 5) is 40.3. The molecule has 0 spiro atoms. The maximum absolute atomic E-state index is 12.4. The molecular weight excluding hydrogens is 356 g/mol. The van der Waals surface area contributed by atoms with Crippen LogP contribution in [0.1, 0.15) is 21.7 Å². The maximum atomic E-state index is 12.4. The van der Waals surface area contributed by atoms with Gasteiger partial charge in [0.05, 0.1) is 13.0 Å². The van der Waals surface area contributed by atoms with Crippen molar-refractivity contribution in [2.24, 2.45) is 7.05 Å². The zero-order valence-corrected chi connectivity index (χ0v) is 15.4. The van der Waals surface area contributed by atoms with Crippen LogP contribution in [0.5, 0.6) is 0 Å². The molecule has 28 heavy (non-hydrogen) atoms. The quantitative estimate of drug-likeness (QED) is 0.617. The van der Waals surface area contributed by atoms with Gasteiger partial charge in [0.15, 0.2) is 5.82 Å². The van der Waals surface area contributed by atoms with E-state index < -0.39 is 0 Å². The first-order valence-corrected chi connectivity index (χ1v) is 8.75. The number of ketones is 1. The second-order valence-electron chi connectivity index (χ2n) is 6.26. The van der Waals surface area contributed by atoms with E-state index in [2.05, 4.69) is 15.6 Å². The fraction of sp³-hybridized carbons (Fsp3) is 0.143. The number of aromatic nitrogens is 2. The van der Waals surface area contributed by atoms with Crippen LogP contribution < -0.4 is 10.6 Å². The van der Waals surface area contributed by atoms with Gasteiger partial charge in [0.25, 0.3) is 0 Å². The van der Waals surface area contributed by atoms with E-state index in [-0.39, 0.29) is 30.6 Å². The summed E-state index contributed by atoms with van der Waals surface area (Å²) in [5.74, 6) is -0.418. The molecule has 0 aliphatic carbocycles. The summed E-state index contributed by atoms with van der Waals surface area (Å²) in [7, 11) is 1.75. The van der Waals surface area contributed by atoms with Crippen LogP contribution in [0.15, 0.2) is 67.0 Å². The number of anilines is 1. The summed E-state index contributed by atoms with van der Waals surface area (Å²) in [6, 6.07) is 15.8. The van der Waals surface area contributed by atoms with E-state index in [1.807, 2.05) is 30.3 Å². The number of imidazole rings is 1. The lowest BCUT2D eigenvalue weighted by atomic mass is 10.1. The van der Waals surface area contributed by atoms with Gasteiger partial charge in [-0.25, -0.2) is 4.98 Å². The molecule has 142 valence electrons. The molecule has 2 aromatic carbocycles. The Hall–Kier alpha value is -3.74. The summed E-state index contributed by atoms with van der Waals surface area (Å²) in [5, 5.41) is 5.28. The fourth-order valence-corrected chi connectivity index (χ4v) is 2.65. The monoisotopic (exact) mass is 376 g/mol. The Labute approximate surface area is 162 Å². The van der Waals surface area contributed by atoms with Gasteiger partial charge in [-0.05, 0) is 29.8 Å². The van der Waals surface area contributed by atoms with Crippen molar-refractivity contribution in [3.8, 4) is 0 Å². The van der Waals surface area contributed by atoms with Gasteiger partial charge in [-0.15, -0.1) is 0 Å². The minimum absolute atomic E-state index is 0.125. The zero-order valence-electron chi connectivity index (χ0n) is 15.4. The van der Waals surface area contributed by atoms with E-state index in [1.165, 1.54) is 0 Å². The molecule has 0 atom stereocenters. The van der Waals surface area contributed by atoms with Crippen molar-refractivity contribution in [3.05, 3.63) is 83.9 Å².